The lowest BCUT2D eigenvalue weighted by Gasteiger charge is -2.33. The Labute approximate surface area is 156 Å². The minimum Gasteiger partial charge on any atom is -0.477 e. The van der Waals surface area contributed by atoms with Crippen molar-refractivity contribution in [3.8, 4) is 0 Å². The van der Waals surface area contributed by atoms with Gasteiger partial charge in [0.2, 0.25) is 0 Å². The van der Waals surface area contributed by atoms with E-state index in [1.807, 2.05) is 23.9 Å². The molecule has 0 saturated carbocycles. The van der Waals surface area contributed by atoms with Crippen LogP contribution >= 0.6 is 0 Å². The second-order valence-corrected chi connectivity index (χ2v) is 6.74. The molecule has 0 aromatic carbocycles. The highest BCUT2D eigenvalue weighted by molar-refractivity contribution is 5.85. The second kappa shape index (κ2) is 7.18. The first-order valence-electron chi connectivity index (χ1n) is 8.91. The van der Waals surface area contributed by atoms with Crippen LogP contribution in [0.25, 0.3) is 0 Å². The number of carboxylic acid groups (broad SMARTS) is 1. The number of aromatic carboxylic acids is 1. The van der Waals surface area contributed by atoms with Crippen LogP contribution in [0, 0.1) is 0 Å². The molecule has 1 atom stereocenters. The van der Waals surface area contributed by atoms with E-state index in [4.69, 9.17) is 0 Å². The Bertz CT molecular complexity index is 935. The molecule has 9 heteroatoms. The molecule has 3 aromatic rings. The molecule has 27 heavy (non-hydrogen) atoms. The van der Waals surface area contributed by atoms with Crippen LogP contribution in [0.3, 0.4) is 0 Å². The quantitative estimate of drug-likeness (QED) is 0.730. The number of aromatic nitrogens is 6. The zero-order valence-electron chi connectivity index (χ0n) is 15.1. The molecule has 1 saturated heterocycles. The molecule has 4 heterocycles. The van der Waals surface area contributed by atoms with Crippen molar-refractivity contribution in [3.63, 3.8) is 0 Å². The number of carboxylic acids is 1. The number of imidazole rings is 1. The summed E-state index contributed by atoms with van der Waals surface area (Å²) in [7, 11) is 1.99. The Hall–Kier alpha value is -3.23. The van der Waals surface area contributed by atoms with Gasteiger partial charge in [0.1, 0.15) is 11.6 Å². The van der Waals surface area contributed by atoms with Gasteiger partial charge in [-0.25, -0.2) is 14.8 Å². The number of anilines is 1. The topological polar surface area (TPSA) is 102 Å². The molecule has 140 valence electrons. The van der Waals surface area contributed by atoms with Crippen LogP contribution in [0.4, 0.5) is 5.82 Å². The molecule has 9 nitrogen and oxygen atoms in total. The van der Waals surface area contributed by atoms with Gasteiger partial charge in [0.15, 0.2) is 11.5 Å². The van der Waals surface area contributed by atoms with Crippen LogP contribution in [0.15, 0.2) is 36.9 Å². The van der Waals surface area contributed by atoms with Gasteiger partial charge in [-0.2, -0.15) is 0 Å². The molecule has 0 bridgehead atoms. The fourth-order valence-corrected chi connectivity index (χ4v) is 3.53. The summed E-state index contributed by atoms with van der Waals surface area (Å²) in [6.45, 7) is 2.22. The zero-order valence-corrected chi connectivity index (χ0v) is 15.1. The summed E-state index contributed by atoms with van der Waals surface area (Å²) >= 11 is 0. The zero-order chi connectivity index (χ0) is 18.8. The van der Waals surface area contributed by atoms with Crippen LogP contribution in [0.2, 0.25) is 0 Å². The van der Waals surface area contributed by atoms with Crippen molar-refractivity contribution < 1.29 is 9.90 Å². The third kappa shape index (κ3) is 3.53. The Morgan fingerprint density at radius 3 is 3.00 bits per heavy atom. The Kier molecular flexibility index (Phi) is 4.57. The van der Waals surface area contributed by atoms with Crippen molar-refractivity contribution in [2.24, 2.45) is 7.05 Å². The van der Waals surface area contributed by atoms with Gasteiger partial charge in [-0.15, -0.1) is 10.2 Å². The molecular formula is C18H21N7O2. The SMILES string of the molecule is Cn1c(Cn2ccnc2)nnc1[C@H]1CCCN(c2cccc(C(=O)O)n2)C1. The number of rotatable bonds is 5. The fraction of sp³-hybridized carbons (Fsp3) is 0.389. The van der Waals surface area contributed by atoms with Gasteiger partial charge in [-0.1, -0.05) is 6.07 Å². The Morgan fingerprint density at radius 1 is 1.33 bits per heavy atom. The molecule has 3 aromatic heterocycles. The van der Waals surface area contributed by atoms with Crippen molar-refractivity contribution in [1.29, 1.82) is 0 Å². The van der Waals surface area contributed by atoms with Crippen molar-refractivity contribution in [2.75, 3.05) is 18.0 Å². The average Bonchev–Trinajstić information content (AvgIpc) is 3.33. The molecule has 1 fully saturated rings. The van der Waals surface area contributed by atoms with Crippen LogP contribution in [0.5, 0.6) is 0 Å². The number of pyridine rings is 1. The van der Waals surface area contributed by atoms with Crippen LogP contribution in [-0.2, 0) is 13.6 Å². The maximum absolute atomic E-state index is 11.2. The minimum absolute atomic E-state index is 0.0656. The van der Waals surface area contributed by atoms with Crippen LogP contribution in [0.1, 0.15) is 40.9 Å². The Morgan fingerprint density at radius 2 is 2.22 bits per heavy atom. The molecule has 0 spiro atoms. The summed E-state index contributed by atoms with van der Waals surface area (Å²) in [6.07, 6.45) is 7.42. The molecule has 0 amide bonds. The van der Waals surface area contributed by atoms with Crippen LogP contribution in [-0.4, -0.2) is 53.5 Å². The summed E-state index contributed by atoms with van der Waals surface area (Å²) in [6, 6.07) is 5.11. The number of hydrogen-bond acceptors (Lipinski definition) is 6. The highest BCUT2D eigenvalue weighted by Crippen LogP contribution is 2.28. The maximum Gasteiger partial charge on any atom is 0.354 e. The summed E-state index contributed by atoms with van der Waals surface area (Å²) in [5.41, 5.74) is 0.0656. The number of nitrogens with zero attached hydrogens (tertiary/aromatic N) is 7. The summed E-state index contributed by atoms with van der Waals surface area (Å²) < 4.78 is 4.01. The van der Waals surface area contributed by atoms with E-state index >= 15 is 0 Å². The Balaban J connectivity index is 1.52. The monoisotopic (exact) mass is 367 g/mol. The molecule has 1 aliphatic rings. The van der Waals surface area contributed by atoms with E-state index in [1.165, 1.54) is 6.07 Å². The largest absolute Gasteiger partial charge is 0.477 e. The average molecular weight is 367 g/mol. The highest BCUT2D eigenvalue weighted by Gasteiger charge is 2.27. The normalized spacial score (nSPS) is 17.2. The lowest BCUT2D eigenvalue weighted by atomic mass is 9.97. The van der Waals surface area contributed by atoms with Gasteiger partial charge in [-0.05, 0) is 25.0 Å². The van der Waals surface area contributed by atoms with Crippen molar-refractivity contribution >= 4 is 11.8 Å². The highest BCUT2D eigenvalue weighted by atomic mass is 16.4. The van der Waals surface area contributed by atoms with Gasteiger partial charge in [0, 0.05) is 38.4 Å². The number of hydrogen-bond donors (Lipinski definition) is 1. The van der Waals surface area contributed by atoms with Crippen LogP contribution < -0.4 is 4.90 Å². The second-order valence-electron chi connectivity index (χ2n) is 6.74. The predicted octanol–water partition coefficient (Wildman–Crippen LogP) is 1.54. The minimum atomic E-state index is -1.01. The first-order chi connectivity index (χ1) is 13.1. The standard InChI is InChI=1S/C18H21N7O2/c1-23-16(11-24-9-7-19-12-24)21-22-17(23)13-4-3-8-25(10-13)15-6-2-5-14(20-15)18(26)27/h2,5-7,9,12-13H,3-4,8,10-11H2,1H3,(H,26,27)/t13-/m0/s1. The van der Waals surface area contributed by atoms with Crippen molar-refractivity contribution in [3.05, 3.63) is 54.3 Å². The van der Waals surface area contributed by atoms with E-state index in [-0.39, 0.29) is 11.6 Å². The van der Waals surface area contributed by atoms with E-state index in [9.17, 15) is 9.90 Å². The summed E-state index contributed by atoms with van der Waals surface area (Å²) in [5, 5.41) is 18.0. The predicted molar refractivity (Wildman–Crippen MR) is 97.7 cm³/mol. The number of piperidine rings is 1. The smallest absolute Gasteiger partial charge is 0.354 e. The third-order valence-electron chi connectivity index (χ3n) is 4.95. The van der Waals surface area contributed by atoms with E-state index in [0.29, 0.717) is 12.4 Å². The lowest BCUT2D eigenvalue weighted by molar-refractivity contribution is 0.0690. The molecular weight excluding hydrogens is 346 g/mol. The lowest BCUT2D eigenvalue weighted by Crippen LogP contribution is -2.36. The first kappa shape index (κ1) is 17.2. The molecule has 4 rings (SSSR count). The fourth-order valence-electron chi connectivity index (χ4n) is 3.53. The number of carbonyl (C=O) groups is 1. The molecule has 0 aliphatic carbocycles. The van der Waals surface area contributed by atoms with E-state index in [0.717, 1.165) is 37.6 Å². The molecule has 1 N–H and O–H groups in total. The summed E-state index contributed by atoms with van der Waals surface area (Å²) in [4.78, 5) is 21.7. The van der Waals surface area contributed by atoms with E-state index in [1.54, 1.807) is 18.6 Å². The van der Waals surface area contributed by atoms with Crippen molar-refractivity contribution in [1.82, 2.24) is 29.3 Å². The van der Waals surface area contributed by atoms with Gasteiger partial charge in [-0.3, -0.25) is 0 Å². The summed E-state index contributed by atoms with van der Waals surface area (Å²) in [5.74, 6) is 1.74. The molecule has 0 radical (unpaired) electrons. The molecule has 0 unspecified atom stereocenters. The third-order valence-corrected chi connectivity index (χ3v) is 4.95. The van der Waals surface area contributed by atoms with Gasteiger partial charge < -0.3 is 19.1 Å². The first-order valence-corrected chi connectivity index (χ1v) is 8.91. The van der Waals surface area contributed by atoms with Gasteiger partial charge in [0.25, 0.3) is 0 Å². The van der Waals surface area contributed by atoms with E-state index in [2.05, 4.69) is 29.6 Å². The van der Waals surface area contributed by atoms with E-state index < -0.39 is 5.97 Å². The van der Waals surface area contributed by atoms with Gasteiger partial charge in [0.05, 0.1) is 12.9 Å². The van der Waals surface area contributed by atoms with Crippen molar-refractivity contribution in [2.45, 2.75) is 25.3 Å². The van der Waals surface area contributed by atoms with Gasteiger partial charge >= 0.3 is 5.97 Å². The molecule has 1 aliphatic heterocycles. The maximum atomic E-state index is 11.2.